The van der Waals surface area contributed by atoms with Crippen molar-refractivity contribution in [1.82, 2.24) is 9.13 Å². The van der Waals surface area contributed by atoms with Crippen molar-refractivity contribution in [3.63, 3.8) is 0 Å². The Morgan fingerprint density at radius 1 is 1.20 bits per heavy atom. The molecule has 0 spiro atoms. The summed E-state index contributed by atoms with van der Waals surface area (Å²) >= 11 is 0. The molecule has 0 aromatic carbocycles. The van der Waals surface area contributed by atoms with E-state index in [2.05, 4.69) is 0 Å². The van der Waals surface area contributed by atoms with E-state index in [1.165, 1.54) is 4.57 Å². The Labute approximate surface area is 87.0 Å². The zero-order valence-electron chi connectivity index (χ0n) is 8.99. The second-order valence-corrected chi connectivity index (χ2v) is 3.41. The van der Waals surface area contributed by atoms with Crippen LogP contribution >= 0.6 is 0 Å². The predicted molar refractivity (Wildman–Crippen MR) is 55.5 cm³/mol. The first-order valence-corrected chi connectivity index (χ1v) is 5.11. The lowest BCUT2D eigenvalue weighted by atomic mass is 10.4. The first-order chi connectivity index (χ1) is 7.11. The van der Waals surface area contributed by atoms with E-state index in [9.17, 15) is 14.0 Å². The van der Waals surface area contributed by atoms with E-state index in [0.29, 0.717) is 13.0 Å². The number of nitrogens with zero attached hydrogens (tertiary/aromatic N) is 2. The molecule has 1 heterocycles. The molecular formula is C10H15FN2O2. The van der Waals surface area contributed by atoms with Crippen LogP contribution in [0.5, 0.6) is 0 Å². The topological polar surface area (TPSA) is 44.0 Å². The molecule has 0 aliphatic carbocycles. The third kappa shape index (κ3) is 2.34. The first kappa shape index (κ1) is 11.7. The molecular weight excluding hydrogens is 199 g/mol. The molecule has 0 saturated carbocycles. The quantitative estimate of drug-likeness (QED) is 0.749. The summed E-state index contributed by atoms with van der Waals surface area (Å²) in [7, 11) is 0. The molecule has 0 bridgehead atoms. The SMILES string of the molecule is CCCn1cc(F)c(=O)n(CCC)c1=O. The van der Waals surface area contributed by atoms with Crippen LogP contribution < -0.4 is 11.2 Å². The third-order valence-electron chi connectivity index (χ3n) is 2.11. The van der Waals surface area contributed by atoms with Crippen molar-refractivity contribution >= 4 is 0 Å². The van der Waals surface area contributed by atoms with Crippen LogP contribution in [-0.2, 0) is 13.1 Å². The van der Waals surface area contributed by atoms with E-state index in [0.717, 1.165) is 17.2 Å². The van der Waals surface area contributed by atoms with Crippen molar-refractivity contribution in [2.24, 2.45) is 0 Å². The summed E-state index contributed by atoms with van der Waals surface area (Å²) in [4.78, 5) is 23.0. The second-order valence-electron chi connectivity index (χ2n) is 3.41. The molecule has 4 nitrogen and oxygen atoms in total. The Kier molecular flexibility index (Phi) is 3.82. The highest BCUT2D eigenvalue weighted by molar-refractivity contribution is 4.90. The van der Waals surface area contributed by atoms with Crippen LogP contribution in [0.1, 0.15) is 26.7 Å². The van der Waals surface area contributed by atoms with Crippen LogP contribution in [0.2, 0.25) is 0 Å². The highest BCUT2D eigenvalue weighted by atomic mass is 19.1. The molecule has 0 aliphatic heterocycles. The summed E-state index contributed by atoms with van der Waals surface area (Å²) in [6.07, 6.45) is 2.34. The fraction of sp³-hybridized carbons (Fsp3) is 0.600. The van der Waals surface area contributed by atoms with Crippen molar-refractivity contribution in [2.45, 2.75) is 39.8 Å². The minimum absolute atomic E-state index is 0.263. The summed E-state index contributed by atoms with van der Waals surface area (Å²) in [5.41, 5.74) is -1.25. The van der Waals surface area contributed by atoms with Crippen LogP contribution in [0.3, 0.4) is 0 Å². The third-order valence-corrected chi connectivity index (χ3v) is 2.11. The molecule has 0 radical (unpaired) electrons. The largest absolute Gasteiger partial charge is 0.331 e. The van der Waals surface area contributed by atoms with Gasteiger partial charge < -0.3 is 0 Å². The van der Waals surface area contributed by atoms with Crippen LogP contribution in [0.4, 0.5) is 4.39 Å². The summed E-state index contributed by atoms with van der Waals surface area (Å²) in [6.45, 7) is 4.42. The predicted octanol–water partition coefficient (Wildman–Crippen LogP) is 0.969. The average Bonchev–Trinajstić information content (AvgIpc) is 2.21. The molecule has 0 atom stereocenters. The standard InChI is InChI=1S/C10H15FN2O2/c1-3-5-12-7-8(11)9(14)13(6-4-2)10(12)15/h7H,3-6H2,1-2H3. The summed E-state index contributed by atoms with van der Waals surface area (Å²) in [6, 6.07) is 0. The number of rotatable bonds is 4. The van der Waals surface area contributed by atoms with Gasteiger partial charge in [-0.25, -0.2) is 4.79 Å². The van der Waals surface area contributed by atoms with Gasteiger partial charge in [-0.1, -0.05) is 13.8 Å². The second kappa shape index (κ2) is 4.91. The van der Waals surface area contributed by atoms with Crippen LogP contribution in [0, 0.1) is 5.82 Å². The van der Waals surface area contributed by atoms with Gasteiger partial charge in [0.05, 0.1) is 6.20 Å². The zero-order valence-corrected chi connectivity index (χ0v) is 8.99. The lowest BCUT2D eigenvalue weighted by Gasteiger charge is -2.08. The molecule has 84 valence electrons. The molecule has 0 amide bonds. The van der Waals surface area contributed by atoms with Gasteiger partial charge >= 0.3 is 5.69 Å². The smallest absolute Gasteiger partial charge is 0.297 e. The maximum atomic E-state index is 13.2. The number of aryl methyl sites for hydroxylation is 1. The van der Waals surface area contributed by atoms with Gasteiger partial charge in [-0.15, -0.1) is 0 Å². The zero-order chi connectivity index (χ0) is 11.4. The van der Waals surface area contributed by atoms with Crippen molar-refractivity contribution in [2.75, 3.05) is 0 Å². The van der Waals surface area contributed by atoms with Gasteiger partial charge in [-0.2, -0.15) is 4.39 Å². The molecule has 15 heavy (non-hydrogen) atoms. The Balaban J connectivity index is 3.35. The molecule has 1 aromatic rings. The van der Waals surface area contributed by atoms with Gasteiger partial charge in [0.15, 0.2) is 0 Å². The molecule has 1 rings (SSSR count). The van der Waals surface area contributed by atoms with E-state index in [-0.39, 0.29) is 6.54 Å². The number of hydrogen-bond acceptors (Lipinski definition) is 2. The van der Waals surface area contributed by atoms with Gasteiger partial charge in [0.25, 0.3) is 5.56 Å². The van der Waals surface area contributed by atoms with Gasteiger partial charge in [0.2, 0.25) is 5.82 Å². The Hall–Kier alpha value is -1.39. The number of halogens is 1. The highest BCUT2D eigenvalue weighted by Gasteiger charge is 2.09. The van der Waals surface area contributed by atoms with Gasteiger partial charge in [-0.05, 0) is 12.8 Å². The lowest BCUT2D eigenvalue weighted by molar-refractivity contribution is 0.483. The fourth-order valence-corrected chi connectivity index (χ4v) is 1.44. The Bertz CT molecular complexity index is 448. The van der Waals surface area contributed by atoms with Crippen LogP contribution in [-0.4, -0.2) is 9.13 Å². The van der Waals surface area contributed by atoms with Gasteiger partial charge in [0, 0.05) is 13.1 Å². The van der Waals surface area contributed by atoms with Crippen molar-refractivity contribution in [3.05, 3.63) is 32.9 Å². The fourth-order valence-electron chi connectivity index (χ4n) is 1.44. The Morgan fingerprint density at radius 2 is 1.80 bits per heavy atom. The summed E-state index contributed by atoms with van der Waals surface area (Å²) in [5.74, 6) is -0.864. The van der Waals surface area contributed by atoms with Crippen LogP contribution in [0.15, 0.2) is 15.8 Å². The van der Waals surface area contributed by atoms with Gasteiger partial charge in [0.1, 0.15) is 0 Å². The first-order valence-electron chi connectivity index (χ1n) is 5.11. The normalized spacial score (nSPS) is 10.6. The van der Waals surface area contributed by atoms with Crippen molar-refractivity contribution in [3.8, 4) is 0 Å². The minimum Gasteiger partial charge on any atom is -0.297 e. The molecule has 1 aromatic heterocycles. The highest BCUT2D eigenvalue weighted by Crippen LogP contribution is 1.90. The molecule has 0 aliphatic rings. The molecule has 0 saturated heterocycles. The number of hydrogen-bond donors (Lipinski definition) is 0. The molecule has 0 unspecified atom stereocenters. The molecule has 0 fully saturated rings. The number of aromatic nitrogens is 2. The summed E-state index contributed by atoms with van der Waals surface area (Å²) in [5, 5.41) is 0. The summed E-state index contributed by atoms with van der Waals surface area (Å²) < 4.78 is 15.4. The van der Waals surface area contributed by atoms with E-state index in [4.69, 9.17) is 0 Å². The van der Waals surface area contributed by atoms with Crippen LogP contribution in [0.25, 0.3) is 0 Å². The lowest BCUT2D eigenvalue weighted by Crippen LogP contribution is -2.41. The molecule has 0 N–H and O–H groups in total. The van der Waals surface area contributed by atoms with E-state index < -0.39 is 17.1 Å². The maximum absolute atomic E-state index is 13.2. The van der Waals surface area contributed by atoms with E-state index >= 15 is 0 Å². The minimum atomic E-state index is -0.864. The van der Waals surface area contributed by atoms with E-state index in [1.807, 2.05) is 13.8 Å². The monoisotopic (exact) mass is 214 g/mol. The molecule has 5 heteroatoms. The Morgan fingerprint density at radius 3 is 2.33 bits per heavy atom. The van der Waals surface area contributed by atoms with Crippen molar-refractivity contribution < 1.29 is 4.39 Å². The van der Waals surface area contributed by atoms with Crippen molar-refractivity contribution in [1.29, 1.82) is 0 Å². The average molecular weight is 214 g/mol. The van der Waals surface area contributed by atoms with E-state index in [1.54, 1.807) is 0 Å². The maximum Gasteiger partial charge on any atom is 0.331 e. The van der Waals surface area contributed by atoms with Gasteiger partial charge in [-0.3, -0.25) is 13.9 Å².